The second-order valence-corrected chi connectivity index (χ2v) is 8.88. The largest absolute Gasteiger partial charge is 0.443 e. The molecule has 0 aromatic carbocycles. The highest BCUT2D eigenvalue weighted by atomic mass is 32.2. The van der Waals surface area contributed by atoms with Crippen molar-refractivity contribution in [2.75, 3.05) is 24.4 Å². The van der Waals surface area contributed by atoms with Crippen LogP contribution in [0.25, 0.3) is 0 Å². The number of rotatable bonds is 5. The highest BCUT2D eigenvalue weighted by Gasteiger charge is 2.32. The fraction of sp³-hybridized carbons (Fsp3) is 0.733. The van der Waals surface area contributed by atoms with E-state index in [0.717, 1.165) is 19.4 Å². The van der Waals surface area contributed by atoms with E-state index in [1.54, 1.807) is 34.0 Å². The number of ether oxygens (including phenoxy) is 1. The smallest absolute Gasteiger partial charge is 0.422 e. The molecule has 1 aliphatic heterocycles. The summed E-state index contributed by atoms with van der Waals surface area (Å²) >= 11 is 0. The maximum Gasteiger partial charge on any atom is 0.422 e. The van der Waals surface area contributed by atoms with Crippen LogP contribution in [0.3, 0.4) is 0 Å². The number of amides is 1. The number of hydrogen-bond acceptors (Lipinski definition) is 6. The van der Waals surface area contributed by atoms with E-state index < -0.39 is 21.9 Å². The third-order valence-electron chi connectivity index (χ3n) is 3.93. The van der Waals surface area contributed by atoms with E-state index in [1.807, 2.05) is 11.8 Å². The van der Waals surface area contributed by atoms with Crippen LogP contribution in [0.1, 0.15) is 33.6 Å². The quantitative estimate of drug-likeness (QED) is 0.830. The van der Waals surface area contributed by atoms with Crippen molar-refractivity contribution >= 4 is 22.0 Å². The summed E-state index contributed by atoms with van der Waals surface area (Å²) in [5.74, 6) is 0. The number of likely N-dealkylation sites (N-methyl/N-ethyl adjacent to an activating group) is 1. The number of hydrogen-bond donors (Lipinski definition) is 1. The van der Waals surface area contributed by atoms with Crippen LogP contribution in [0.5, 0.6) is 0 Å². The normalized spacial score (nSPS) is 19.0. The number of anilines is 1. The molecule has 25 heavy (non-hydrogen) atoms. The third-order valence-corrected chi connectivity index (χ3v) is 5.29. The molecule has 1 N–H and O–H groups in total. The van der Waals surface area contributed by atoms with Gasteiger partial charge in [0.1, 0.15) is 5.60 Å². The second-order valence-electron chi connectivity index (χ2n) is 7.29. The van der Waals surface area contributed by atoms with Gasteiger partial charge in [-0.3, -0.25) is 4.68 Å². The maximum absolute atomic E-state index is 12.8. The summed E-state index contributed by atoms with van der Waals surface area (Å²) in [5.41, 5.74) is -0.386. The Kier molecular flexibility index (Phi) is 5.62. The molecule has 1 aliphatic rings. The van der Waals surface area contributed by atoms with Gasteiger partial charge in [0.25, 0.3) is 0 Å². The van der Waals surface area contributed by atoms with Gasteiger partial charge in [-0.15, -0.1) is 0 Å². The summed E-state index contributed by atoms with van der Waals surface area (Å²) in [6.45, 7) is 6.17. The molecule has 9 nitrogen and oxygen atoms in total. The third kappa shape index (κ3) is 5.33. The molecule has 0 bridgehead atoms. The molecular weight excluding hydrogens is 346 g/mol. The van der Waals surface area contributed by atoms with E-state index >= 15 is 0 Å². The topological polar surface area (TPSA) is 96.8 Å². The number of carbonyl (C=O) groups is 1. The molecule has 0 unspecified atom stereocenters. The van der Waals surface area contributed by atoms with Crippen molar-refractivity contribution in [3.63, 3.8) is 0 Å². The Morgan fingerprint density at radius 2 is 2.12 bits per heavy atom. The monoisotopic (exact) mass is 373 g/mol. The first-order valence-corrected chi connectivity index (χ1v) is 9.64. The fourth-order valence-corrected chi connectivity index (χ4v) is 3.84. The Morgan fingerprint density at radius 1 is 1.44 bits per heavy atom. The lowest BCUT2D eigenvalue weighted by atomic mass is 10.2. The lowest BCUT2D eigenvalue weighted by Gasteiger charge is -2.29. The van der Waals surface area contributed by atoms with Crippen LogP contribution in [-0.4, -0.2) is 61.0 Å². The first-order valence-electron chi connectivity index (χ1n) is 8.20. The standard InChI is InChI=1S/C15H27N5O4S/c1-15(2,3)24-14(21)17-25(22,23)20(13-9-16-19(5)10-13)11-12-7-6-8-18(12)4/h9-10,12H,6-8,11H2,1-5H3,(H,17,21)/t12-/m0/s1. The highest BCUT2D eigenvalue weighted by Crippen LogP contribution is 2.22. The van der Waals surface area contributed by atoms with Crippen LogP contribution in [-0.2, 0) is 22.0 Å². The Labute approximate surface area is 149 Å². The van der Waals surface area contributed by atoms with Crippen molar-refractivity contribution in [3.05, 3.63) is 12.4 Å². The van der Waals surface area contributed by atoms with E-state index in [-0.39, 0.29) is 12.6 Å². The molecule has 2 heterocycles. The van der Waals surface area contributed by atoms with Crippen molar-refractivity contribution in [2.45, 2.75) is 45.3 Å². The zero-order valence-corrected chi connectivity index (χ0v) is 16.2. The average Bonchev–Trinajstić information content (AvgIpc) is 3.01. The Bertz CT molecular complexity index is 710. The van der Waals surface area contributed by atoms with Crippen LogP contribution < -0.4 is 9.03 Å². The molecule has 1 aromatic heterocycles. The van der Waals surface area contributed by atoms with Gasteiger partial charge in [-0.25, -0.2) is 13.8 Å². The number of nitrogens with one attached hydrogen (secondary N) is 1. The van der Waals surface area contributed by atoms with Gasteiger partial charge in [-0.2, -0.15) is 13.5 Å². The first kappa shape index (κ1) is 19.5. The predicted octanol–water partition coefficient (Wildman–Crippen LogP) is 1.09. The van der Waals surface area contributed by atoms with Crippen LogP contribution in [0.2, 0.25) is 0 Å². The van der Waals surface area contributed by atoms with Gasteiger partial charge in [-0.05, 0) is 47.2 Å². The number of aromatic nitrogens is 2. The van der Waals surface area contributed by atoms with Gasteiger partial charge in [0.15, 0.2) is 0 Å². The molecule has 0 aliphatic carbocycles. The average molecular weight is 373 g/mol. The molecule has 0 radical (unpaired) electrons. The van der Waals surface area contributed by atoms with Gasteiger partial charge >= 0.3 is 16.3 Å². The first-order chi connectivity index (χ1) is 11.5. The molecular formula is C15H27N5O4S. The minimum atomic E-state index is -4.12. The predicted molar refractivity (Wildman–Crippen MR) is 94.5 cm³/mol. The van der Waals surface area contributed by atoms with E-state index in [0.29, 0.717) is 5.69 Å². The molecule has 2 rings (SSSR count). The molecule has 1 atom stereocenters. The summed E-state index contributed by atoms with van der Waals surface area (Å²) in [4.78, 5) is 14.1. The summed E-state index contributed by atoms with van der Waals surface area (Å²) in [7, 11) is -0.445. The summed E-state index contributed by atoms with van der Waals surface area (Å²) < 4.78 is 35.3. The van der Waals surface area contributed by atoms with E-state index in [2.05, 4.69) is 10.00 Å². The molecule has 1 saturated heterocycles. The van der Waals surface area contributed by atoms with Gasteiger partial charge < -0.3 is 9.64 Å². The maximum atomic E-state index is 12.8. The molecule has 1 amide bonds. The second kappa shape index (κ2) is 7.20. The Hall–Kier alpha value is -1.81. The number of nitrogens with zero attached hydrogens (tertiary/aromatic N) is 4. The van der Waals surface area contributed by atoms with Crippen molar-refractivity contribution in [3.8, 4) is 0 Å². The summed E-state index contributed by atoms with van der Waals surface area (Å²) in [5, 5.41) is 4.04. The minimum absolute atomic E-state index is 0.0791. The fourth-order valence-electron chi connectivity index (χ4n) is 2.74. The van der Waals surface area contributed by atoms with Crippen LogP contribution in [0.15, 0.2) is 12.4 Å². The van der Waals surface area contributed by atoms with Crippen LogP contribution in [0.4, 0.5) is 10.5 Å². The summed E-state index contributed by atoms with van der Waals surface area (Å²) in [6.07, 6.45) is 3.98. The molecule has 142 valence electrons. The molecule has 0 saturated carbocycles. The highest BCUT2D eigenvalue weighted by molar-refractivity contribution is 7.91. The summed E-state index contributed by atoms with van der Waals surface area (Å²) in [6, 6.07) is 0.0791. The number of aryl methyl sites for hydroxylation is 1. The number of likely N-dealkylation sites (tertiary alicyclic amines) is 1. The van der Waals surface area contributed by atoms with Gasteiger partial charge in [-0.1, -0.05) is 0 Å². The van der Waals surface area contributed by atoms with Gasteiger partial charge in [0.05, 0.1) is 18.4 Å². The van der Waals surface area contributed by atoms with Gasteiger partial charge in [0.2, 0.25) is 0 Å². The molecule has 1 fully saturated rings. The van der Waals surface area contributed by atoms with E-state index in [4.69, 9.17) is 4.74 Å². The zero-order chi connectivity index (χ0) is 18.8. The van der Waals surface area contributed by atoms with Crippen LogP contribution in [0, 0.1) is 0 Å². The Balaban J connectivity index is 2.22. The molecule has 0 spiro atoms. The number of carbonyl (C=O) groups excluding carboxylic acids is 1. The lowest BCUT2D eigenvalue weighted by Crippen LogP contribution is -2.49. The SMILES string of the molecule is CN1CCC[C@H]1CN(c1cnn(C)c1)S(=O)(=O)NC(=O)OC(C)(C)C. The van der Waals surface area contributed by atoms with Crippen molar-refractivity contribution in [1.82, 2.24) is 19.4 Å². The molecule has 10 heteroatoms. The lowest BCUT2D eigenvalue weighted by molar-refractivity contribution is 0.0570. The van der Waals surface area contributed by atoms with Crippen molar-refractivity contribution in [1.29, 1.82) is 0 Å². The molecule has 1 aromatic rings. The zero-order valence-electron chi connectivity index (χ0n) is 15.4. The van der Waals surface area contributed by atoms with Crippen molar-refractivity contribution < 1.29 is 17.9 Å². The Morgan fingerprint density at radius 3 is 2.60 bits per heavy atom. The van der Waals surface area contributed by atoms with Crippen LogP contribution >= 0.6 is 0 Å². The van der Waals surface area contributed by atoms with Gasteiger partial charge in [0, 0.05) is 19.3 Å². The minimum Gasteiger partial charge on any atom is -0.443 e. The van der Waals surface area contributed by atoms with E-state index in [9.17, 15) is 13.2 Å². The van der Waals surface area contributed by atoms with E-state index in [1.165, 1.54) is 15.2 Å². The van der Waals surface area contributed by atoms with Crippen molar-refractivity contribution in [2.24, 2.45) is 7.05 Å².